The first kappa shape index (κ1) is 90.3. The van der Waals surface area contributed by atoms with Crippen LogP contribution in [0.15, 0.2) is 147 Å². The molecule has 0 saturated heterocycles. The van der Waals surface area contributed by atoms with Crippen molar-refractivity contribution in [1.82, 2.24) is 80.9 Å². The summed E-state index contributed by atoms with van der Waals surface area (Å²) in [6, 6.07) is 30.1. The molecule has 110 heavy (non-hydrogen) atoms. The number of hydrogen-bond acceptors (Lipinski definition) is 26. The zero-order valence-electron chi connectivity index (χ0n) is 61.6. The lowest BCUT2D eigenvalue weighted by atomic mass is 10.0. The van der Waals surface area contributed by atoms with E-state index in [1.54, 1.807) is 52.7 Å². The van der Waals surface area contributed by atoms with Gasteiger partial charge in [0.1, 0.15) is 35.2 Å². The van der Waals surface area contributed by atoms with Gasteiger partial charge in [-0.1, -0.05) is 153 Å². The van der Waals surface area contributed by atoms with Crippen molar-refractivity contribution in [3.63, 3.8) is 0 Å². The topological polar surface area (TPSA) is 448 Å². The first-order chi connectivity index (χ1) is 52.1. The second kappa shape index (κ2) is 47.6. The van der Waals surface area contributed by atoms with Crippen LogP contribution in [0, 0.1) is 29.6 Å². The first-order valence-corrected chi connectivity index (χ1v) is 35.5. The minimum absolute atomic E-state index is 0. The number of carboxylic acids is 1. The SMILES string of the molecule is C.C.C#Cc1ccccc1.CC(=O)O.CC[C@@H]1C(=O)N(C)c2cnc(-c3cnncc3-c3ccccc3)nc2N1C1CCCC1.CC[C@@H]1C(=O)N(C)c2cnc(C#Cc3ccccc3)nc2N1C1CCCC1.CC[C@@H]1C(=O)N(C)c2cnc(Cl)nc2N1C1CCCC1.N=CN.NN.O.c1nncnn1.c1nncnn1. The van der Waals surface area contributed by atoms with Crippen LogP contribution in [0.3, 0.4) is 0 Å². The van der Waals surface area contributed by atoms with Crippen LogP contribution >= 0.6 is 11.6 Å². The summed E-state index contributed by atoms with van der Waals surface area (Å²) in [7, 11) is 5.42. The Hall–Kier alpha value is -12.1. The van der Waals surface area contributed by atoms with E-state index >= 15 is 0 Å². The molecule has 582 valence electrons. The molecule has 10 N–H and O–H groups in total. The van der Waals surface area contributed by atoms with Crippen LogP contribution in [0.25, 0.3) is 22.5 Å². The first-order valence-electron chi connectivity index (χ1n) is 35.1. The molecule has 6 aliphatic rings. The van der Waals surface area contributed by atoms with Crippen molar-refractivity contribution in [1.29, 1.82) is 5.41 Å². The van der Waals surface area contributed by atoms with Gasteiger partial charge in [-0.05, 0) is 105 Å². The van der Waals surface area contributed by atoms with Crippen LogP contribution in [0.2, 0.25) is 5.28 Å². The number of amides is 3. The third kappa shape index (κ3) is 24.5. The smallest absolute Gasteiger partial charge is 0.300 e. The number of benzene rings is 3. The van der Waals surface area contributed by atoms with Crippen molar-refractivity contribution < 1.29 is 29.8 Å². The molecule has 0 radical (unpaired) electrons. The van der Waals surface area contributed by atoms with Crippen molar-refractivity contribution in [2.75, 3.05) is 50.5 Å². The number of terminal acetylenes is 1. The van der Waals surface area contributed by atoms with Crippen molar-refractivity contribution >= 4 is 76.1 Å². The van der Waals surface area contributed by atoms with Gasteiger partial charge in [-0.3, -0.25) is 36.3 Å². The Balaban J connectivity index is 0.000000294. The van der Waals surface area contributed by atoms with E-state index in [1.807, 2.05) is 112 Å². The molecule has 0 bridgehead atoms. The molecule has 9 heterocycles. The van der Waals surface area contributed by atoms with Gasteiger partial charge in [0.15, 0.2) is 48.6 Å². The van der Waals surface area contributed by atoms with Crippen LogP contribution in [-0.4, -0.2) is 179 Å². The largest absolute Gasteiger partial charge is 0.481 e. The monoisotopic (exact) mass is 1520 g/mol. The summed E-state index contributed by atoms with van der Waals surface area (Å²) in [5.41, 5.74) is 11.4. The van der Waals surface area contributed by atoms with Gasteiger partial charge in [-0.25, -0.2) is 24.9 Å². The van der Waals surface area contributed by atoms with Crippen molar-refractivity contribution in [3.05, 3.63) is 170 Å². The van der Waals surface area contributed by atoms with Gasteiger partial charge in [0.2, 0.25) is 28.8 Å². The number of halogens is 1. The fourth-order valence-electron chi connectivity index (χ4n) is 13.2. The summed E-state index contributed by atoms with van der Waals surface area (Å²) < 4.78 is 0. The average molecular weight is 1520 g/mol. The Labute approximate surface area is 648 Å². The number of carboxylic acid groups (broad SMARTS) is 1. The highest BCUT2D eigenvalue weighted by Gasteiger charge is 2.44. The van der Waals surface area contributed by atoms with E-state index in [2.05, 4.69) is 135 Å². The maximum atomic E-state index is 13.1. The van der Waals surface area contributed by atoms with Gasteiger partial charge in [0.05, 0.1) is 37.3 Å². The Kier molecular flexibility index (Phi) is 39.0. The number of aromatic nitrogens is 16. The summed E-state index contributed by atoms with van der Waals surface area (Å²) in [5, 5.41) is 48.6. The lowest BCUT2D eigenvalue weighted by molar-refractivity contribution is -0.134. The number of likely N-dealkylation sites (N-methyl/N-ethyl adjacent to an activating group) is 3. The molecule has 0 unspecified atom stereocenters. The van der Waals surface area contributed by atoms with Gasteiger partial charge in [0, 0.05) is 68.4 Å². The van der Waals surface area contributed by atoms with E-state index in [9.17, 15) is 14.4 Å². The molecule has 0 spiro atoms. The number of aliphatic carboxylic acids is 1. The van der Waals surface area contributed by atoms with Crippen LogP contribution in [0.1, 0.15) is 156 Å². The van der Waals surface area contributed by atoms with E-state index < -0.39 is 5.97 Å². The quantitative estimate of drug-likeness (QED) is 0.0236. The summed E-state index contributed by atoms with van der Waals surface area (Å²) >= 11 is 5.97. The molecule has 6 aromatic heterocycles. The molecular weight excluding hydrogens is 1420 g/mol. The van der Waals surface area contributed by atoms with Crippen molar-refractivity contribution in [3.8, 4) is 46.7 Å². The number of anilines is 6. The van der Waals surface area contributed by atoms with Crippen LogP contribution in [-0.2, 0) is 19.2 Å². The Bertz CT molecular complexity index is 4260. The summed E-state index contributed by atoms with van der Waals surface area (Å²) in [6.45, 7) is 7.28. The maximum Gasteiger partial charge on any atom is 0.300 e. The van der Waals surface area contributed by atoms with E-state index in [0.717, 1.165) is 133 Å². The van der Waals surface area contributed by atoms with Crippen LogP contribution < -0.4 is 46.8 Å². The highest BCUT2D eigenvalue weighted by atomic mass is 35.5. The molecular formula is C77H101ClN26O6. The van der Waals surface area contributed by atoms with Gasteiger partial charge in [0.25, 0.3) is 5.97 Å². The van der Waals surface area contributed by atoms with Gasteiger partial charge < -0.3 is 45.7 Å². The summed E-state index contributed by atoms with van der Waals surface area (Å²) in [5.74, 6) is 19.9. The Morgan fingerprint density at radius 1 is 0.518 bits per heavy atom. The lowest BCUT2D eigenvalue weighted by Gasteiger charge is -2.43. The van der Waals surface area contributed by atoms with Crippen LogP contribution in [0.4, 0.5) is 34.5 Å². The van der Waals surface area contributed by atoms with Gasteiger partial charge in [-0.2, -0.15) is 15.2 Å². The van der Waals surface area contributed by atoms with Gasteiger partial charge in [-0.15, -0.1) is 47.2 Å². The normalized spacial score (nSPS) is 16.3. The van der Waals surface area contributed by atoms with E-state index in [4.69, 9.17) is 43.3 Å². The maximum absolute atomic E-state index is 13.1. The third-order valence-corrected chi connectivity index (χ3v) is 18.2. The minimum atomic E-state index is -0.833. The van der Waals surface area contributed by atoms with E-state index in [-0.39, 0.29) is 61.5 Å². The lowest BCUT2D eigenvalue weighted by Crippen LogP contribution is -2.55. The summed E-state index contributed by atoms with van der Waals surface area (Å²) in [4.78, 5) is 86.6. The number of fused-ring (bicyclic) bond motifs is 3. The number of nitrogens with zero attached hydrogens (tertiary/aromatic N) is 22. The molecule has 3 amide bonds. The highest BCUT2D eigenvalue weighted by Crippen LogP contribution is 2.43. The third-order valence-electron chi connectivity index (χ3n) is 18.0. The number of carbonyl (C=O) groups excluding carboxylic acids is 3. The zero-order chi connectivity index (χ0) is 77.0. The fourth-order valence-corrected chi connectivity index (χ4v) is 13.3. The Morgan fingerprint density at radius 3 is 1.20 bits per heavy atom. The number of hydrogen-bond donors (Lipinski definition) is 5. The predicted molar refractivity (Wildman–Crippen MR) is 428 cm³/mol. The number of carbonyl (C=O) groups is 4. The molecule has 33 heteroatoms. The molecule has 3 aliphatic heterocycles. The number of nitrogens with one attached hydrogen (secondary N) is 1. The Morgan fingerprint density at radius 2 is 0.845 bits per heavy atom. The minimum Gasteiger partial charge on any atom is -0.481 e. The molecule has 3 fully saturated rings. The van der Waals surface area contributed by atoms with Crippen molar-refractivity contribution in [2.24, 2.45) is 17.4 Å². The number of rotatable bonds is 8. The number of nitrogens with two attached hydrogens (primary N) is 3. The standard InChI is InChI=1S/C24H26N6O.C22H24N4O.C14H19ClN4O.C8H6.2C2H2N4.C2H4O2.CH4N2.2CH4.H4N2.H2O/c1-3-20-24(31)29(2)21-15-25-22(28-23(21)30(20)17-11-7-8-12-17)19-14-27-26-13-18(19)16-9-5-4-6-10-16;1-3-18-22(27)25(2)19-15-23-20(14-13-16-9-5-4-6-10-16)24-21(19)26(18)17-11-7-8-12-17;1-3-10-13(20)18(2)11-8-16-14(15)17-12(11)19(10)9-6-4-5-7-9;1-2-8-6-4-3-5-7-8;2*1-3-5-2-6-4-1;1-2(3)4;2-1-3;;;1-2;/h4-6,9-10,13-15,17,20H,3,7-8,11-12H2,1-2H3;4-6,9-10,15,17-18H,3,7-8,11-12H2,1-2H3;8-10H,3-7H2,1-2H3;1,3-7H;2*1-2H;1H3,(H,3,4);1H,(H3,2,3);2*1H4;1-2H2;1H2/t20-;18-;10-;;;;;;;;;/m111........./s1. The molecule has 32 nitrogen and oxygen atoms in total. The highest BCUT2D eigenvalue weighted by molar-refractivity contribution is 6.28. The van der Waals surface area contributed by atoms with Crippen LogP contribution in [0.5, 0.6) is 0 Å². The molecule has 3 atom stereocenters. The molecule has 3 aromatic carbocycles. The second-order valence-corrected chi connectivity index (χ2v) is 24.9. The molecule has 15 rings (SSSR count). The zero-order valence-corrected chi connectivity index (χ0v) is 62.4. The van der Waals surface area contributed by atoms with Crippen molar-refractivity contribution in [2.45, 2.75) is 175 Å². The second-order valence-electron chi connectivity index (χ2n) is 24.5. The molecule has 9 aromatic rings. The average Bonchev–Trinajstić information content (AvgIpc) is 1.31. The van der Waals surface area contributed by atoms with Gasteiger partial charge >= 0.3 is 0 Å². The van der Waals surface area contributed by atoms with E-state index in [0.29, 0.717) is 29.8 Å². The predicted octanol–water partition coefficient (Wildman–Crippen LogP) is 9.23. The number of hydrazine groups is 1. The summed E-state index contributed by atoms with van der Waals surface area (Å²) in [6.07, 6.45) is 35.8. The fraction of sp³-hybridized carbons (Fsp3) is 0.390. The molecule has 3 saturated carbocycles. The molecule has 3 aliphatic carbocycles. The van der Waals surface area contributed by atoms with E-state index in [1.165, 1.54) is 63.8 Å².